The summed E-state index contributed by atoms with van der Waals surface area (Å²) in [7, 11) is 1.74. The first-order chi connectivity index (χ1) is 11.6. The van der Waals surface area contributed by atoms with Gasteiger partial charge in [-0.1, -0.05) is 37.0 Å². The molecule has 1 saturated heterocycles. The average molecular weight is 352 g/mol. The number of carbonyl (C=O) groups excluding carboxylic acids is 2. The first-order valence-electron chi connectivity index (χ1n) is 8.61. The molecule has 132 valence electrons. The number of esters is 1. The molecule has 0 aromatic carbocycles. The summed E-state index contributed by atoms with van der Waals surface area (Å²) < 4.78 is 5.33. The van der Waals surface area contributed by atoms with Gasteiger partial charge in [-0.3, -0.25) is 4.79 Å². The lowest BCUT2D eigenvalue weighted by Crippen LogP contribution is -2.54. The lowest BCUT2D eigenvalue weighted by atomic mass is 10.0. The number of ether oxygens (including phenoxy) is 1. The van der Waals surface area contributed by atoms with E-state index in [1.165, 1.54) is 48.8 Å². The van der Waals surface area contributed by atoms with Crippen molar-refractivity contribution in [1.82, 2.24) is 15.1 Å². The van der Waals surface area contributed by atoms with Crippen molar-refractivity contribution in [3.05, 3.63) is 5.01 Å². The van der Waals surface area contributed by atoms with Crippen molar-refractivity contribution < 1.29 is 14.3 Å². The van der Waals surface area contributed by atoms with Gasteiger partial charge in [0.25, 0.3) is 0 Å². The maximum Gasteiger partial charge on any atom is 0.329 e. The monoisotopic (exact) mass is 352 g/mol. The zero-order valence-corrected chi connectivity index (χ0v) is 15.0. The Labute approximate surface area is 146 Å². The van der Waals surface area contributed by atoms with Gasteiger partial charge in [0.2, 0.25) is 5.13 Å². The second-order valence-electron chi connectivity index (χ2n) is 6.54. The number of hydrogen-bond acceptors (Lipinski definition) is 6. The van der Waals surface area contributed by atoms with Gasteiger partial charge in [-0.2, -0.15) is 0 Å². The molecule has 2 aliphatic rings. The van der Waals surface area contributed by atoms with E-state index in [4.69, 9.17) is 4.74 Å². The SMILES string of the molecule is CC(=O)OC1CCN(C)C(=O)N1c1nnc(C2CCCCCC2)s1. The summed E-state index contributed by atoms with van der Waals surface area (Å²) in [6, 6.07) is -0.198. The van der Waals surface area contributed by atoms with Crippen molar-refractivity contribution in [2.24, 2.45) is 0 Å². The Hall–Kier alpha value is -1.70. The molecule has 2 heterocycles. The second kappa shape index (κ2) is 7.46. The summed E-state index contributed by atoms with van der Waals surface area (Å²) in [6.07, 6.45) is 7.26. The van der Waals surface area contributed by atoms with Crippen LogP contribution in [-0.4, -0.2) is 46.9 Å². The molecule has 1 saturated carbocycles. The van der Waals surface area contributed by atoms with Crippen LogP contribution in [0.1, 0.15) is 62.8 Å². The Morgan fingerprint density at radius 3 is 2.54 bits per heavy atom. The third kappa shape index (κ3) is 3.68. The molecule has 0 radical (unpaired) electrons. The van der Waals surface area contributed by atoms with Crippen LogP contribution in [0.25, 0.3) is 0 Å². The average Bonchev–Trinajstić information content (AvgIpc) is 2.85. The van der Waals surface area contributed by atoms with Gasteiger partial charge < -0.3 is 9.64 Å². The highest BCUT2D eigenvalue weighted by atomic mass is 32.1. The number of urea groups is 1. The van der Waals surface area contributed by atoms with Crippen molar-refractivity contribution in [3.8, 4) is 0 Å². The van der Waals surface area contributed by atoms with E-state index in [1.54, 1.807) is 11.9 Å². The number of anilines is 1. The summed E-state index contributed by atoms with van der Waals surface area (Å²) in [6.45, 7) is 1.92. The van der Waals surface area contributed by atoms with Gasteiger partial charge in [0.1, 0.15) is 5.01 Å². The van der Waals surface area contributed by atoms with Crippen LogP contribution in [0.3, 0.4) is 0 Å². The first-order valence-corrected chi connectivity index (χ1v) is 9.43. The molecule has 1 atom stereocenters. The fourth-order valence-electron chi connectivity index (χ4n) is 3.36. The fraction of sp³-hybridized carbons (Fsp3) is 0.750. The van der Waals surface area contributed by atoms with E-state index in [2.05, 4.69) is 10.2 Å². The summed E-state index contributed by atoms with van der Waals surface area (Å²) in [5, 5.41) is 10.1. The minimum atomic E-state index is -0.596. The number of rotatable bonds is 3. The molecule has 24 heavy (non-hydrogen) atoms. The molecular formula is C16H24N4O3S. The van der Waals surface area contributed by atoms with Gasteiger partial charge in [0, 0.05) is 32.9 Å². The minimum Gasteiger partial charge on any atom is -0.441 e. The maximum atomic E-state index is 12.6. The van der Waals surface area contributed by atoms with E-state index in [-0.39, 0.29) is 6.03 Å². The Kier molecular flexibility index (Phi) is 5.33. The van der Waals surface area contributed by atoms with Crippen molar-refractivity contribution in [2.45, 2.75) is 64.0 Å². The molecule has 1 unspecified atom stereocenters. The van der Waals surface area contributed by atoms with E-state index < -0.39 is 12.2 Å². The lowest BCUT2D eigenvalue weighted by molar-refractivity contribution is -0.146. The van der Waals surface area contributed by atoms with E-state index in [0.717, 1.165) is 17.8 Å². The van der Waals surface area contributed by atoms with Crippen molar-refractivity contribution >= 4 is 28.5 Å². The zero-order chi connectivity index (χ0) is 17.1. The Bertz CT molecular complexity index is 598. The minimum absolute atomic E-state index is 0.198. The molecule has 8 heteroatoms. The van der Waals surface area contributed by atoms with Crippen molar-refractivity contribution in [3.63, 3.8) is 0 Å². The normalized spacial score (nSPS) is 23.2. The summed E-state index contributed by atoms with van der Waals surface area (Å²) in [5.41, 5.74) is 0. The molecule has 0 N–H and O–H groups in total. The molecule has 3 rings (SSSR count). The van der Waals surface area contributed by atoms with Gasteiger partial charge in [-0.15, -0.1) is 10.2 Å². The van der Waals surface area contributed by atoms with E-state index in [1.807, 2.05) is 0 Å². The van der Waals surface area contributed by atoms with Crippen LogP contribution in [0.15, 0.2) is 0 Å². The van der Waals surface area contributed by atoms with Crippen LogP contribution in [0.4, 0.5) is 9.93 Å². The molecule has 1 aliphatic heterocycles. The number of nitrogens with zero attached hydrogens (tertiary/aromatic N) is 4. The highest BCUT2D eigenvalue weighted by Gasteiger charge is 2.37. The van der Waals surface area contributed by atoms with Crippen LogP contribution in [0.2, 0.25) is 0 Å². The predicted molar refractivity (Wildman–Crippen MR) is 91.0 cm³/mol. The predicted octanol–water partition coefficient (Wildman–Crippen LogP) is 3.13. The van der Waals surface area contributed by atoms with Crippen LogP contribution in [0, 0.1) is 0 Å². The summed E-state index contributed by atoms with van der Waals surface area (Å²) >= 11 is 1.46. The van der Waals surface area contributed by atoms with Gasteiger partial charge in [0.15, 0.2) is 6.23 Å². The van der Waals surface area contributed by atoms with Gasteiger partial charge in [-0.05, 0) is 12.8 Å². The lowest BCUT2D eigenvalue weighted by Gasteiger charge is -2.37. The first kappa shape index (κ1) is 17.1. The van der Waals surface area contributed by atoms with Gasteiger partial charge >= 0.3 is 12.0 Å². The van der Waals surface area contributed by atoms with E-state index in [9.17, 15) is 9.59 Å². The highest BCUT2D eigenvalue weighted by Crippen LogP contribution is 2.36. The second-order valence-corrected chi connectivity index (χ2v) is 7.53. The molecule has 1 aromatic heterocycles. The fourth-order valence-corrected chi connectivity index (χ4v) is 4.41. The smallest absolute Gasteiger partial charge is 0.329 e. The van der Waals surface area contributed by atoms with Crippen molar-refractivity contribution in [2.75, 3.05) is 18.5 Å². The topological polar surface area (TPSA) is 75.6 Å². The molecule has 7 nitrogen and oxygen atoms in total. The molecule has 0 spiro atoms. The van der Waals surface area contributed by atoms with Gasteiger partial charge in [0.05, 0.1) is 0 Å². The van der Waals surface area contributed by atoms with Crippen molar-refractivity contribution in [1.29, 1.82) is 0 Å². The molecule has 2 amide bonds. The van der Waals surface area contributed by atoms with Crippen LogP contribution in [-0.2, 0) is 9.53 Å². The third-order valence-electron chi connectivity index (χ3n) is 4.67. The molecule has 1 aromatic rings. The Morgan fingerprint density at radius 1 is 1.17 bits per heavy atom. The van der Waals surface area contributed by atoms with Crippen LogP contribution < -0.4 is 4.90 Å². The van der Waals surface area contributed by atoms with Gasteiger partial charge in [-0.25, -0.2) is 9.69 Å². The highest BCUT2D eigenvalue weighted by molar-refractivity contribution is 7.15. The molecule has 0 bridgehead atoms. The largest absolute Gasteiger partial charge is 0.441 e. The van der Waals surface area contributed by atoms with Crippen LogP contribution >= 0.6 is 11.3 Å². The maximum absolute atomic E-state index is 12.6. The van der Waals surface area contributed by atoms with E-state index >= 15 is 0 Å². The summed E-state index contributed by atoms with van der Waals surface area (Å²) in [4.78, 5) is 27.0. The number of aromatic nitrogens is 2. The molecule has 2 fully saturated rings. The standard InChI is InChI=1S/C16H24N4O3S/c1-11(21)23-13-9-10-19(2)16(22)20(13)15-18-17-14(24-15)12-7-5-3-4-6-8-12/h12-13H,3-10H2,1-2H3. The Morgan fingerprint density at radius 2 is 1.88 bits per heavy atom. The zero-order valence-electron chi connectivity index (χ0n) is 14.2. The van der Waals surface area contributed by atoms with E-state index in [0.29, 0.717) is 24.0 Å². The Balaban J connectivity index is 1.81. The summed E-state index contributed by atoms with van der Waals surface area (Å²) in [5.74, 6) is 0.0411. The number of amides is 2. The molecular weight excluding hydrogens is 328 g/mol. The number of hydrogen-bond donors (Lipinski definition) is 0. The quantitative estimate of drug-likeness (QED) is 0.617. The van der Waals surface area contributed by atoms with Crippen LogP contribution in [0.5, 0.6) is 0 Å². The molecule has 1 aliphatic carbocycles. The number of carbonyl (C=O) groups is 2. The third-order valence-corrected chi connectivity index (χ3v) is 5.76.